The van der Waals surface area contributed by atoms with Crippen LogP contribution in [0.2, 0.25) is 0 Å². The van der Waals surface area contributed by atoms with Crippen molar-refractivity contribution < 1.29 is 23.0 Å². The quantitative estimate of drug-likeness (QED) is 0.356. The molecular weight excluding hydrogens is 494 g/mol. The molecule has 11 heteroatoms. The molecule has 0 saturated carbocycles. The van der Waals surface area contributed by atoms with Crippen molar-refractivity contribution in [1.29, 1.82) is 0 Å². The van der Waals surface area contributed by atoms with Crippen LogP contribution in [-0.4, -0.2) is 70.1 Å². The van der Waals surface area contributed by atoms with Gasteiger partial charge in [0.25, 0.3) is 0 Å². The summed E-state index contributed by atoms with van der Waals surface area (Å²) in [7, 11) is -0.387. The van der Waals surface area contributed by atoms with Gasteiger partial charge >= 0.3 is 0 Å². The molecule has 1 unspecified atom stereocenters. The number of hydrogen-bond donors (Lipinski definition) is 3. The number of allylic oxidation sites excluding steroid dienone is 3. The average molecular weight is 528 g/mol. The van der Waals surface area contributed by atoms with Gasteiger partial charge in [-0.25, -0.2) is 13.6 Å². The summed E-state index contributed by atoms with van der Waals surface area (Å²) < 4.78 is 34.3. The van der Waals surface area contributed by atoms with Gasteiger partial charge < -0.3 is 19.9 Å². The van der Waals surface area contributed by atoms with Gasteiger partial charge in [0, 0.05) is 63.7 Å². The number of methoxy groups -OCH3 is 2. The maximum atomic E-state index is 11.9. The van der Waals surface area contributed by atoms with Crippen LogP contribution in [0.5, 0.6) is 5.75 Å². The highest BCUT2D eigenvalue weighted by Gasteiger charge is 2.34. The Labute approximate surface area is 210 Å². The monoisotopic (exact) mass is 527 g/mol. The van der Waals surface area contributed by atoms with Crippen molar-refractivity contribution in [2.24, 2.45) is 5.14 Å². The molecule has 0 bridgehead atoms. The highest BCUT2D eigenvalue weighted by Crippen LogP contribution is 2.50. The van der Waals surface area contributed by atoms with Crippen LogP contribution in [0.4, 0.5) is 0 Å². The summed E-state index contributed by atoms with van der Waals surface area (Å²) >= 11 is 2.92. The summed E-state index contributed by atoms with van der Waals surface area (Å²) in [5.74, 6) is 0.262. The topological polar surface area (TPSA) is 114 Å². The number of phenols is 1. The Hall–Kier alpha value is -1.47. The first-order valence-corrected chi connectivity index (χ1v) is 14.3. The molecule has 0 fully saturated rings. The van der Waals surface area contributed by atoms with Crippen LogP contribution in [0, 0.1) is 0 Å². The van der Waals surface area contributed by atoms with Crippen LogP contribution in [0.1, 0.15) is 18.1 Å². The third-order valence-corrected chi connectivity index (χ3v) is 9.51. The molecule has 188 valence electrons. The van der Waals surface area contributed by atoms with E-state index >= 15 is 0 Å². The Morgan fingerprint density at radius 1 is 1.15 bits per heavy atom. The zero-order chi connectivity index (χ0) is 24.7. The summed E-state index contributed by atoms with van der Waals surface area (Å²) in [4.78, 5) is 3.31. The number of fused-ring (bicyclic) bond motifs is 1. The van der Waals surface area contributed by atoms with Crippen LogP contribution < -0.4 is 10.5 Å². The molecule has 8 nitrogen and oxygen atoms in total. The van der Waals surface area contributed by atoms with E-state index in [0.717, 1.165) is 46.9 Å². The number of aromatic hydroxyl groups is 1. The molecule has 1 aromatic rings. The second-order valence-electron chi connectivity index (χ2n) is 7.99. The van der Waals surface area contributed by atoms with E-state index in [9.17, 15) is 13.5 Å². The van der Waals surface area contributed by atoms with E-state index in [-0.39, 0.29) is 14.6 Å². The van der Waals surface area contributed by atoms with Gasteiger partial charge in [0.05, 0.1) is 17.8 Å². The Morgan fingerprint density at radius 2 is 1.85 bits per heavy atom. The SMILES string of the molecule is CCNC1=C2C=C(S(N)(=O)=O)SC2SC(Cc2ccc(O)c(CN(CCOC)CCOC)c2)=C1. The summed E-state index contributed by atoms with van der Waals surface area (Å²) in [6.07, 6.45) is 4.44. The second-order valence-corrected chi connectivity index (χ2v) is 12.5. The smallest absolute Gasteiger partial charge is 0.244 e. The minimum Gasteiger partial charge on any atom is -0.508 e. The number of phenolic OH excluding ortho intramolecular Hbond substituents is 1. The van der Waals surface area contributed by atoms with Crippen molar-refractivity contribution in [3.63, 3.8) is 0 Å². The molecule has 2 heterocycles. The first-order chi connectivity index (χ1) is 16.2. The molecule has 0 spiro atoms. The standard InChI is InChI=1S/C23H33N3O5S3/c1-4-25-20-13-18(32-23-19(20)14-22(33-23)34(24,28)29)12-16-5-6-21(27)17(11-16)15-26(7-9-30-2)8-10-31-3/h5-6,11,13-14,23,25,27H,4,7-10,12,15H2,1-3H3,(H2,24,28,29). The number of thioether (sulfide) groups is 2. The number of benzene rings is 1. The fraction of sp³-hybridized carbons (Fsp3) is 0.478. The number of rotatable bonds is 13. The molecule has 34 heavy (non-hydrogen) atoms. The van der Waals surface area contributed by atoms with Gasteiger partial charge in [-0.15, -0.1) is 11.8 Å². The predicted molar refractivity (Wildman–Crippen MR) is 140 cm³/mol. The van der Waals surface area contributed by atoms with Gasteiger partial charge in [-0.05, 0) is 35.6 Å². The summed E-state index contributed by atoms with van der Waals surface area (Å²) in [5, 5.41) is 19.2. The van der Waals surface area contributed by atoms with Gasteiger partial charge in [0.1, 0.15) is 9.99 Å². The van der Waals surface area contributed by atoms with Crippen molar-refractivity contribution in [2.75, 3.05) is 47.1 Å². The third-order valence-electron chi connectivity index (χ3n) is 5.41. The number of primary sulfonamides is 1. The number of nitrogens with one attached hydrogen (secondary N) is 1. The van der Waals surface area contributed by atoms with Crippen LogP contribution >= 0.6 is 23.5 Å². The number of ether oxygens (including phenoxy) is 2. The molecule has 3 rings (SSSR count). The second kappa shape index (κ2) is 12.5. The Bertz CT molecular complexity index is 1060. The highest BCUT2D eigenvalue weighted by atomic mass is 32.3. The molecule has 1 aromatic carbocycles. The largest absolute Gasteiger partial charge is 0.508 e. The van der Waals surface area contributed by atoms with E-state index in [0.29, 0.717) is 26.2 Å². The van der Waals surface area contributed by atoms with E-state index in [4.69, 9.17) is 14.6 Å². The number of nitrogens with zero attached hydrogens (tertiary/aromatic N) is 1. The summed E-state index contributed by atoms with van der Waals surface area (Å²) in [5.41, 5.74) is 3.80. The van der Waals surface area contributed by atoms with Crippen molar-refractivity contribution in [3.05, 3.63) is 61.9 Å². The fourth-order valence-corrected chi connectivity index (χ4v) is 7.65. The number of likely N-dealkylation sites (N-methyl/N-ethyl adjacent to an activating group) is 1. The lowest BCUT2D eigenvalue weighted by atomic mass is 10.1. The molecule has 0 aliphatic carbocycles. The predicted octanol–water partition coefficient (Wildman–Crippen LogP) is 2.73. The number of sulfonamides is 1. The zero-order valence-electron chi connectivity index (χ0n) is 19.7. The van der Waals surface area contributed by atoms with Gasteiger partial charge in [-0.1, -0.05) is 23.9 Å². The van der Waals surface area contributed by atoms with Gasteiger partial charge in [-0.2, -0.15) is 0 Å². The van der Waals surface area contributed by atoms with E-state index in [2.05, 4.69) is 16.3 Å². The van der Waals surface area contributed by atoms with Gasteiger partial charge in [0.2, 0.25) is 10.0 Å². The van der Waals surface area contributed by atoms with Crippen LogP contribution in [0.15, 0.2) is 50.8 Å². The highest BCUT2D eigenvalue weighted by molar-refractivity contribution is 8.27. The Balaban J connectivity index is 1.79. The molecule has 4 N–H and O–H groups in total. The number of nitrogens with two attached hydrogens (primary N) is 1. The molecule has 0 amide bonds. The van der Waals surface area contributed by atoms with Crippen molar-refractivity contribution >= 4 is 33.5 Å². The first kappa shape index (κ1) is 27.1. The molecule has 1 atom stereocenters. The summed E-state index contributed by atoms with van der Waals surface area (Å²) in [6, 6.07) is 5.70. The van der Waals surface area contributed by atoms with Crippen molar-refractivity contribution in [1.82, 2.24) is 10.2 Å². The molecule has 0 radical (unpaired) electrons. The van der Waals surface area contributed by atoms with Crippen molar-refractivity contribution in [2.45, 2.75) is 24.5 Å². The van der Waals surface area contributed by atoms with Gasteiger partial charge in [-0.3, -0.25) is 4.90 Å². The van der Waals surface area contributed by atoms with Crippen LogP contribution in [-0.2, 0) is 32.5 Å². The molecule has 0 saturated heterocycles. The maximum absolute atomic E-state index is 11.9. The lowest BCUT2D eigenvalue weighted by Gasteiger charge is -2.24. The lowest BCUT2D eigenvalue weighted by molar-refractivity contribution is 0.110. The van der Waals surface area contributed by atoms with E-state index < -0.39 is 10.0 Å². The minimum atomic E-state index is -3.74. The molecule has 0 aromatic heterocycles. The van der Waals surface area contributed by atoms with E-state index in [1.165, 1.54) is 11.8 Å². The molecular formula is C23H33N3O5S3. The van der Waals surface area contributed by atoms with Gasteiger partial charge in [0.15, 0.2) is 0 Å². The van der Waals surface area contributed by atoms with Crippen molar-refractivity contribution in [3.8, 4) is 5.75 Å². The van der Waals surface area contributed by atoms with E-state index in [1.807, 2.05) is 19.1 Å². The summed E-state index contributed by atoms with van der Waals surface area (Å²) in [6.45, 7) is 6.00. The maximum Gasteiger partial charge on any atom is 0.244 e. The fourth-order valence-electron chi connectivity index (χ4n) is 3.72. The third kappa shape index (κ3) is 7.27. The lowest BCUT2D eigenvalue weighted by Crippen LogP contribution is -2.30. The normalized spacial score (nSPS) is 18.2. The zero-order valence-corrected chi connectivity index (χ0v) is 22.2. The van der Waals surface area contributed by atoms with Crippen LogP contribution in [0.25, 0.3) is 0 Å². The van der Waals surface area contributed by atoms with E-state index in [1.54, 1.807) is 38.1 Å². The first-order valence-electron chi connectivity index (χ1n) is 11.0. The molecule has 2 aliphatic rings. The molecule has 2 aliphatic heterocycles. The average Bonchev–Trinajstić information content (AvgIpc) is 3.23. The Morgan fingerprint density at radius 3 is 2.47 bits per heavy atom. The Kier molecular flexibility index (Phi) is 9.95. The van der Waals surface area contributed by atoms with Crippen LogP contribution in [0.3, 0.4) is 0 Å². The number of hydrogen-bond acceptors (Lipinski definition) is 9. The minimum absolute atomic E-state index is 0.0578.